The molecular weight excluding hydrogens is 297 g/mol. The molecule has 6 heteroatoms. The average molecular weight is 310 g/mol. The number of hydrogen-bond donors (Lipinski definition) is 1. The van der Waals surface area contributed by atoms with Crippen LogP contribution in [0.25, 0.3) is 0 Å². The number of hydrogen-bond acceptors (Lipinski definition) is 2. The van der Waals surface area contributed by atoms with Crippen LogP contribution in [0.4, 0.5) is 4.39 Å². The number of rotatable bonds is 5. The van der Waals surface area contributed by atoms with Gasteiger partial charge in [0.15, 0.2) is 0 Å². The van der Waals surface area contributed by atoms with E-state index in [4.69, 9.17) is 0 Å². The molecule has 1 unspecified atom stereocenters. The summed E-state index contributed by atoms with van der Waals surface area (Å²) in [5.41, 5.74) is 0. The molecule has 16 heavy (non-hydrogen) atoms. The molecule has 0 heterocycles. The fraction of sp³-hybridized carbons (Fsp3) is 0.400. The van der Waals surface area contributed by atoms with Crippen LogP contribution >= 0.6 is 15.9 Å². The van der Waals surface area contributed by atoms with E-state index in [-0.39, 0.29) is 10.8 Å². The molecule has 0 spiro atoms. The maximum Gasteiger partial charge on any atom is 0.240 e. The highest BCUT2D eigenvalue weighted by Crippen LogP contribution is 2.10. The van der Waals surface area contributed by atoms with Gasteiger partial charge >= 0.3 is 0 Å². The Kier molecular flexibility index (Phi) is 4.89. The van der Waals surface area contributed by atoms with Gasteiger partial charge in [-0.3, -0.25) is 0 Å². The summed E-state index contributed by atoms with van der Waals surface area (Å²) < 4.78 is 38.7. The van der Waals surface area contributed by atoms with Crippen molar-refractivity contribution in [1.82, 2.24) is 4.72 Å². The summed E-state index contributed by atoms with van der Waals surface area (Å²) in [5.74, 6) is -0.375. The summed E-state index contributed by atoms with van der Waals surface area (Å²) in [7, 11) is -3.60. The zero-order chi connectivity index (χ0) is 12.2. The third-order valence-corrected chi connectivity index (χ3v) is 4.52. The van der Waals surface area contributed by atoms with E-state index in [2.05, 4.69) is 20.7 Å². The van der Waals surface area contributed by atoms with Crippen molar-refractivity contribution in [2.75, 3.05) is 11.9 Å². The SMILES string of the molecule is CC(CBr)CNS(=O)(=O)c1cccc(F)c1. The predicted octanol–water partition coefficient (Wildman–Crippen LogP) is 2.13. The molecule has 0 aliphatic rings. The summed E-state index contributed by atoms with van der Waals surface area (Å²) in [4.78, 5) is -0.0470. The summed E-state index contributed by atoms with van der Waals surface area (Å²) in [6, 6.07) is 4.95. The molecule has 1 rings (SSSR count). The van der Waals surface area contributed by atoms with Crippen molar-refractivity contribution in [2.45, 2.75) is 11.8 Å². The number of alkyl halides is 1. The Balaban J connectivity index is 2.78. The van der Waals surface area contributed by atoms with Crippen molar-refractivity contribution in [2.24, 2.45) is 5.92 Å². The molecular formula is C10H13BrFNO2S. The van der Waals surface area contributed by atoms with Crippen LogP contribution in [-0.2, 0) is 10.0 Å². The minimum atomic E-state index is -3.60. The summed E-state index contributed by atoms with van der Waals surface area (Å²) in [6.07, 6.45) is 0. The number of nitrogens with one attached hydrogen (secondary N) is 1. The number of benzene rings is 1. The highest BCUT2D eigenvalue weighted by atomic mass is 79.9. The van der Waals surface area contributed by atoms with Gasteiger partial charge in [0.25, 0.3) is 0 Å². The largest absolute Gasteiger partial charge is 0.240 e. The van der Waals surface area contributed by atoms with Crippen LogP contribution in [0, 0.1) is 11.7 Å². The number of sulfonamides is 1. The molecule has 90 valence electrons. The van der Waals surface area contributed by atoms with E-state index in [1.54, 1.807) is 0 Å². The van der Waals surface area contributed by atoms with Gasteiger partial charge in [0.2, 0.25) is 10.0 Å². The Morgan fingerprint density at radius 3 is 2.75 bits per heavy atom. The van der Waals surface area contributed by atoms with E-state index in [1.807, 2.05) is 6.92 Å². The molecule has 1 aromatic carbocycles. The fourth-order valence-corrected chi connectivity index (χ4v) is 2.45. The quantitative estimate of drug-likeness (QED) is 0.847. The smallest absolute Gasteiger partial charge is 0.211 e. The van der Waals surface area contributed by atoms with E-state index in [1.165, 1.54) is 18.2 Å². The van der Waals surface area contributed by atoms with Crippen molar-refractivity contribution in [1.29, 1.82) is 0 Å². The third kappa shape index (κ3) is 3.84. The maximum absolute atomic E-state index is 12.9. The lowest BCUT2D eigenvalue weighted by Crippen LogP contribution is -2.29. The molecule has 0 saturated heterocycles. The highest BCUT2D eigenvalue weighted by molar-refractivity contribution is 9.09. The van der Waals surface area contributed by atoms with Crippen molar-refractivity contribution in [3.8, 4) is 0 Å². The van der Waals surface area contributed by atoms with Crippen LogP contribution in [0.2, 0.25) is 0 Å². The van der Waals surface area contributed by atoms with E-state index < -0.39 is 15.8 Å². The monoisotopic (exact) mass is 309 g/mol. The van der Waals surface area contributed by atoms with E-state index in [0.717, 1.165) is 6.07 Å². The standard InChI is InChI=1S/C10H13BrFNO2S/c1-8(6-11)7-13-16(14,15)10-4-2-3-9(12)5-10/h2-5,8,13H,6-7H2,1H3. The lowest BCUT2D eigenvalue weighted by atomic mass is 10.2. The van der Waals surface area contributed by atoms with Crippen LogP contribution in [0.5, 0.6) is 0 Å². The molecule has 0 aliphatic carbocycles. The van der Waals surface area contributed by atoms with Crippen LogP contribution in [-0.4, -0.2) is 20.3 Å². The van der Waals surface area contributed by atoms with E-state index in [0.29, 0.717) is 11.9 Å². The summed E-state index contributed by atoms with van der Waals surface area (Å²) in [5, 5.41) is 0.707. The Morgan fingerprint density at radius 2 is 2.19 bits per heavy atom. The van der Waals surface area contributed by atoms with Gasteiger partial charge in [-0.25, -0.2) is 17.5 Å². The molecule has 0 bridgehead atoms. The van der Waals surface area contributed by atoms with Gasteiger partial charge < -0.3 is 0 Å². The van der Waals surface area contributed by atoms with Gasteiger partial charge in [-0.1, -0.05) is 28.9 Å². The summed E-state index contributed by atoms with van der Waals surface area (Å²) >= 11 is 3.26. The lowest BCUT2D eigenvalue weighted by Gasteiger charge is -2.10. The Morgan fingerprint density at radius 1 is 1.50 bits per heavy atom. The first-order valence-electron chi connectivity index (χ1n) is 4.77. The van der Waals surface area contributed by atoms with Gasteiger partial charge in [-0.2, -0.15) is 0 Å². The Bertz CT molecular complexity index is 450. The topological polar surface area (TPSA) is 46.2 Å². The zero-order valence-corrected chi connectivity index (χ0v) is 11.2. The summed E-state index contributed by atoms with van der Waals surface area (Å²) in [6.45, 7) is 2.23. The van der Waals surface area contributed by atoms with Gasteiger partial charge in [0.1, 0.15) is 5.82 Å². The minimum absolute atomic E-state index is 0.0470. The van der Waals surface area contributed by atoms with Gasteiger partial charge in [-0.15, -0.1) is 0 Å². The molecule has 1 atom stereocenters. The minimum Gasteiger partial charge on any atom is -0.211 e. The first-order valence-corrected chi connectivity index (χ1v) is 7.37. The average Bonchev–Trinajstić information content (AvgIpc) is 2.26. The van der Waals surface area contributed by atoms with Crippen molar-refractivity contribution in [3.63, 3.8) is 0 Å². The molecule has 0 saturated carbocycles. The normalized spacial score (nSPS) is 13.7. The van der Waals surface area contributed by atoms with Crippen molar-refractivity contribution in [3.05, 3.63) is 30.1 Å². The fourth-order valence-electron chi connectivity index (χ4n) is 1.02. The maximum atomic E-state index is 12.9. The number of halogens is 2. The van der Waals surface area contributed by atoms with Crippen LogP contribution in [0.3, 0.4) is 0 Å². The van der Waals surface area contributed by atoms with Gasteiger partial charge in [0, 0.05) is 11.9 Å². The third-order valence-electron chi connectivity index (χ3n) is 1.99. The second kappa shape index (κ2) is 5.75. The van der Waals surface area contributed by atoms with Crippen molar-refractivity contribution >= 4 is 26.0 Å². The predicted molar refractivity (Wildman–Crippen MR) is 64.5 cm³/mol. The zero-order valence-electron chi connectivity index (χ0n) is 8.78. The molecule has 0 aliphatic heterocycles. The second-order valence-corrected chi connectivity index (χ2v) is 5.98. The van der Waals surface area contributed by atoms with Gasteiger partial charge in [-0.05, 0) is 24.1 Å². The molecule has 1 N–H and O–H groups in total. The van der Waals surface area contributed by atoms with E-state index >= 15 is 0 Å². The molecule has 0 radical (unpaired) electrons. The van der Waals surface area contributed by atoms with E-state index in [9.17, 15) is 12.8 Å². The first kappa shape index (κ1) is 13.6. The second-order valence-electron chi connectivity index (χ2n) is 3.57. The molecule has 1 aromatic rings. The highest BCUT2D eigenvalue weighted by Gasteiger charge is 2.15. The molecule has 0 fully saturated rings. The molecule has 3 nitrogen and oxygen atoms in total. The Labute approximate surface area is 103 Å². The Hall–Kier alpha value is -0.460. The van der Waals surface area contributed by atoms with Crippen LogP contribution in [0.1, 0.15) is 6.92 Å². The lowest BCUT2D eigenvalue weighted by molar-refractivity contribution is 0.561. The molecule has 0 amide bonds. The molecule has 0 aromatic heterocycles. The van der Waals surface area contributed by atoms with Crippen LogP contribution in [0.15, 0.2) is 29.2 Å². The first-order chi connectivity index (χ1) is 7.45. The van der Waals surface area contributed by atoms with Gasteiger partial charge in [0.05, 0.1) is 4.90 Å². The van der Waals surface area contributed by atoms with Crippen LogP contribution < -0.4 is 4.72 Å². The van der Waals surface area contributed by atoms with Crippen molar-refractivity contribution < 1.29 is 12.8 Å².